The Labute approximate surface area is 96.1 Å². The summed E-state index contributed by atoms with van der Waals surface area (Å²) in [6.07, 6.45) is -0.113. The standard InChI is InChI=1S/C10H10ClF2NO2/c11-5-6(15)4-7-8(14)2-1-3-9(7)16-10(12)13/h1-3,10H,4-5,14H2. The normalized spacial score (nSPS) is 10.5. The van der Waals surface area contributed by atoms with Crippen molar-refractivity contribution >= 4 is 23.1 Å². The summed E-state index contributed by atoms with van der Waals surface area (Å²) in [7, 11) is 0. The molecule has 0 spiro atoms. The molecule has 0 heterocycles. The quantitative estimate of drug-likeness (QED) is 0.643. The Kier molecular flexibility index (Phi) is 4.49. The number of anilines is 1. The van der Waals surface area contributed by atoms with Crippen molar-refractivity contribution in [2.45, 2.75) is 13.0 Å². The van der Waals surface area contributed by atoms with Crippen LogP contribution in [-0.4, -0.2) is 18.3 Å². The topological polar surface area (TPSA) is 52.3 Å². The molecule has 0 aliphatic carbocycles. The largest absolute Gasteiger partial charge is 0.434 e. The van der Waals surface area contributed by atoms with Crippen molar-refractivity contribution in [1.29, 1.82) is 0 Å². The van der Waals surface area contributed by atoms with Crippen molar-refractivity contribution in [2.75, 3.05) is 11.6 Å². The second-order valence-corrected chi connectivity index (χ2v) is 3.32. The molecular formula is C10H10ClF2NO2. The van der Waals surface area contributed by atoms with Crippen LogP contribution >= 0.6 is 11.6 Å². The molecule has 16 heavy (non-hydrogen) atoms. The second-order valence-electron chi connectivity index (χ2n) is 3.05. The van der Waals surface area contributed by atoms with Crippen LogP contribution in [0.25, 0.3) is 0 Å². The first kappa shape index (κ1) is 12.7. The predicted octanol–water partition coefficient (Wildman–Crippen LogP) is 2.22. The van der Waals surface area contributed by atoms with Crippen LogP contribution in [-0.2, 0) is 11.2 Å². The molecule has 88 valence electrons. The lowest BCUT2D eigenvalue weighted by molar-refractivity contribution is -0.116. The van der Waals surface area contributed by atoms with Gasteiger partial charge >= 0.3 is 6.61 Å². The molecule has 0 unspecified atom stereocenters. The molecule has 0 atom stereocenters. The molecule has 1 rings (SSSR count). The van der Waals surface area contributed by atoms with Gasteiger partial charge in [-0.05, 0) is 12.1 Å². The van der Waals surface area contributed by atoms with E-state index in [1.165, 1.54) is 18.2 Å². The zero-order valence-electron chi connectivity index (χ0n) is 8.25. The van der Waals surface area contributed by atoms with Crippen molar-refractivity contribution in [2.24, 2.45) is 0 Å². The number of ether oxygens (including phenoxy) is 1. The highest BCUT2D eigenvalue weighted by molar-refractivity contribution is 6.27. The fourth-order valence-electron chi connectivity index (χ4n) is 1.22. The molecule has 3 nitrogen and oxygen atoms in total. The summed E-state index contributed by atoms with van der Waals surface area (Å²) in [5.41, 5.74) is 6.06. The van der Waals surface area contributed by atoms with Gasteiger partial charge in [0.1, 0.15) is 5.75 Å². The van der Waals surface area contributed by atoms with E-state index in [0.717, 1.165) is 0 Å². The van der Waals surface area contributed by atoms with E-state index in [-0.39, 0.29) is 35.1 Å². The minimum atomic E-state index is -2.95. The maximum Gasteiger partial charge on any atom is 0.387 e. The van der Waals surface area contributed by atoms with Crippen LogP contribution in [0.1, 0.15) is 5.56 Å². The summed E-state index contributed by atoms with van der Waals surface area (Å²) in [5, 5.41) is 0. The maximum atomic E-state index is 12.1. The van der Waals surface area contributed by atoms with Crippen LogP contribution in [0.2, 0.25) is 0 Å². The van der Waals surface area contributed by atoms with E-state index in [1.807, 2.05) is 0 Å². The van der Waals surface area contributed by atoms with Gasteiger partial charge < -0.3 is 10.5 Å². The van der Waals surface area contributed by atoms with Gasteiger partial charge in [-0.25, -0.2) is 0 Å². The Morgan fingerprint density at radius 2 is 2.19 bits per heavy atom. The summed E-state index contributed by atoms with van der Waals surface area (Å²) in [5.74, 6) is -0.588. The molecule has 0 saturated carbocycles. The number of alkyl halides is 3. The molecule has 0 aliphatic rings. The zero-order chi connectivity index (χ0) is 12.1. The number of hydrogen-bond donors (Lipinski definition) is 1. The van der Waals surface area contributed by atoms with Crippen LogP contribution in [0.5, 0.6) is 5.75 Å². The highest BCUT2D eigenvalue weighted by atomic mass is 35.5. The van der Waals surface area contributed by atoms with E-state index >= 15 is 0 Å². The average molecular weight is 250 g/mol. The lowest BCUT2D eigenvalue weighted by Gasteiger charge is -2.11. The lowest BCUT2D eigenvalue weighted by atomic mass is 10.1. The third-order valence-corrected chi connectivity index (χ3v) is 2.21. The fourth-order valence-corrected chi connectivity index (χ4v) is 1.32. The fraction of sp³-hybridized carbons (Fsp3) is 0.300. The van der Waals surface area contributed by atoms with Crippen molar-refractivity contribution in [3.05, 3.63) is 23.8 Å². The number of carbonyl (C=O) groups excluding carboxylic acids is 1. The molecule has 0 amide bonds. The lowest BCUT2D eigenvalue weighted by Crippen LogP contribution is -2.11. The third-order valence-electron chi connectivity index (χ3n) is 1.91. The van der Waals surface area contributed by atoms with Crippen LogP contribution in [0.3, 0.4) is 0 Å². The average Bonchev–Trinajstić information content (AvgIpc) is 2.22. The predicted molar refractivity (Wildman–Crippen MR) is 56.9 cm³/mol. The van der Waals surface area contributed by atoms with Crippen LogP contribution in [0.15, 0.2) is 18.2 Å². The van der Waals surface area contributed by atoms with Crippen LogP contribution in [0, 0.1) is 0 Å². The number of Topliss-reactive ketones (excluding diaryl/α,β-unsaturated/α-hetero) is 1. The Hall–Kier alpha value is -1.36. The van der Waals surface area contributed by atoms with Gasteiger partial charge in [-0.15, -0.1) is 11.6 Å². The van der Waals surface area contributed by atoms with Gasteiger partial charge in [-0.2, -0.15) is 8.78 Å². The number of hydrogen-bond acceptors (Lipinski definition) is 3. The molecule has 0 radical (unpaired) electrons. The molecule has 1 aromatic rings. The van der Waals surface area contributed by atoms with Gasteiger partial charge in [0.15, 0.2) is 5.78 Å². The first-order valence-corrected chi connectivity index (χ1v) is 4.98. The van der Waals surface area contributed by atoms with Crippen molar-refractivity contribution in [1.82, 2.24) is 0 Å². The van der Waals surface area contributed by atoms with Gasteiger partial charge in [-0.1, -0.05) is 6.07 Å². The van der Waals surface area contributed by atoms with Crippen LogP contribution < -0.4 is 10.5 Å². The minimum absolute atomic E-state index is 0.0894. The highest BCUT2D eigenvalue weighted by Gasteiger charge is 2.14. The van der Waals surface area contributed by atoms with E-state index in [0.29, 0.717) is 0 Å². The number of rotatable bonds is 5. The van der Waals surface area contributed by atoms with Crippen molar-refractivity contribution in [3.63, 3.8) is 0 Å². The number of nitrogens with two attached hydrogens (primary N) is 1. The summed E-state index contributed by atoms with van der Waals surface area (Å²) in [4.78, 5) is 11.1. The summed E-state index contributed by atoms with van der Waals surface area (Å²) < 4.78 is 28.4. The third kappa shape index (κ3) is 3.34. The Morgan fingerprint density at radius 3 is 2.75 bits per heavy atom. The Bertz CT molecular complexity index is 385. The second kappa shape index (κ2) is 5.65. The van der Waals surface area contributed by atoms with Gasteiger partial charge in [0.2, 0.25) is 0 Å². The molecule has 0 bridgehead atoms. The summed E-state index contributed by atoms with van der Waals surface area (Å²) in [6, 6.07) is 4.32. The first-order chi connectivity index (χ1) is 7.54. The van der Waals surface area contributed by atoms with Gasteiger partial charge in [0.25, 0.3) is 0 Å². The zero-order valence-corrected chi connectivity index (χ0v) is 9.01. The summed E-state index contributed by atoms with van der Waals surface area (Å²) in [6.45, 7) is -2.95. The number of carbonyl (C=O) groups is 1. The molecule has 0 aromatic heterocycles. The number of halogens is 3. The molecule has 2 N–H and O–H groups in total. The van der Waals surface area contributed by atoms with Gasteiger partial charge in [0, 0.05) is 17.7 Å². The smallest absolute Gasteiger partial charge is 0.387 e. The Balaban J connectivity index is 2.98. The number of benzene rings is 1. The highest BCUT2D eigenvalue weighted by Crippen LogP contribution is 2.26. The molecule has 1 aromatic carbocycles. The van der Waals surface area contributed by atoms with Crippen LogP contribution in [0.4, 0.5) is 14.5 Å². The number of ketones is 1. The van der Waals surface area contributed by atoms with E-state index in [2.05, 4.69) is 4.74 Å². The maximum absolute atomic E-state index is 12.1. The van der Waals surface area contributed by atoms with E-state index in [4.69, 9.17) is 17.3 Å². The van der Waals surface area contributed by atoms with Gasteiger partial charge in [0.05, 0.1) is 5.88 Å². The van der Waals surface area contributed by atoms with E-state index in [9.17, 15) is 13.6 Å². The summed E-state index contributed by atoms with van der Waals surface area (Å²) >= 11 is 5.33. The minimum Gasteiger partial charge on any atom is -0.434 e. The van der Waals surface area contributed by atoms with Crippen molar-refractivity contribution in [3.8, 4) is 5.75 Å². The number of nitrogen functional groups attached to an aromatic ring is 1. The monoisotopic (exact) mass is 249 g/mol. The van der Waals surface area contributed by atoms with Gasteiger partial charge in [-0.3, -0.25) is 4.79 Å². The first-order valence-electron chi connectivity index (χ1n) is 4.44. The molecular weight excluding hydrogens is 240 g/mol. The SMILES string of the molecule is Nc1cccc(OC(F)F)c1CC(=O)CCl. The molecule has 6 heteroatoms. The van der Waals surface area contributed by atoms with E-state index in [1.54, 1.807) is 0 Å². The van der Waals surface area contributed by atoms with E-state index < -0.39 is 6.61 Å². The van der Waals surface area contributed by atoms with Crippen molar-refractivity contribution < 1.29 is 18.3 Å². The molecule has 0 fully saturated rings. The molecule has 0 saturated heterocycles. The Morgan fingerprint density at radius 1 is 1.50 bits per heavy atom. The molecule has 0 aliphatic heterocycles.